The zero-order valence-corrected chi connectivity index (χ0v) is 14.8. The first-order valence-corrected chi connectivity index (χ1v) is 7.60. The maximum atomic E-state index is 5.76. The molecule has 0 spiro atoms. The molecule has 1 atom stereocenters. The van der Waals surface area contributed by atoms with E-state index < -0.39 is 0 Å². The van der Waals surface area contributed by atoms with E-state index in [0.717, 1.165) is 32.1 Å². The van der Waals surface area contributed by atoms with Crippen LogP contribution in [0, 0.1) is 0 Å². The zero-order valence-electron chi connectivity index (χ0n) is 14.8. The molecule has 1 unspecified atom stereocenters. The summed E-state index contributed by atoms with van der Waals surface area (Å²) in [5.41, 5.74) is -0.220. The van der Waals surface area contributed by atoms with Crippen LogP contribution < -0.4 is 10.6 Å². The number of rotatable bonds is 10. The van der Waals surface area contributed by atoms with Gasteiger partial charge in [-0.05, 0) is 41.3 Å². The fourth-order valence-corrected chi connectivity index (χ4v) is 1.68. The van der Waals surface area contributed by atoms with Gasteiger partial charge in [0.25, 0.3) is 0 Å². The Bertz CT molecular complexity index is 293. The van der Waals surface area contributed by atoms with E-state index in [9.17, 15) is 0 Å². The van der Waals surface area contributed by atoms with Gasteiger partial charge in [-0.2, -0.15) is 0 Å². The van der Waals surface area contributed by atoms with E-state index >= 15 is 0 Å². The smallest absolute Gasteiger partial charge is 0.191 e. The first-order valence-electron chi connectivity index (χ1n) is 7.60. The van der Waals surface area contributed by atoms with Crippen molar-refractivity contribution in [1.82, 2.24) is 15.5 Å². The van der Waals surface area contributed by atoms with E-state index in [0.29, 0.717) is 6.54 Å². The Morgan fingerprint density at radius 1 is 1.29 bits per heavy atom. The quantitative estimate of drug-likeness (QED) is 0.464. The molecule has 0 aliphatic carbocycles. The number of hydrogen-bond donors (Lipinski definition) is 2. The van der Waals surface area contributed by atoms with Crippen LogP contribution in [0.5, 0.6) is 0 Å². The van der Waals surface area contributed by atoms with Gasteiger partial charge in [0.15, 0.2) is 5.96 Å². The van der Waals surface area contributed by atoms with E-state index in [1.165, 1.54) is 0 Å². The summed E-state index contributed by atoms with van der Waals surface area (Å²) in [7, 11) is 7.63. The minimum absolute atomic E-state index is 0.186. The van der Waals surface area contributed by atoms with Crippen molar-refractivity contribution in [3.05, 3.63) is 0 Å². The van der Waals surface area contributed by atoms with Gasteiger partial charge in [0.1, 0.15) is 0 Å². The highest BCUT2D eigenvalue weighted by atomic mass is 16.5. The topological polar surface area (TPSA) is 58.1 Å². The molecule has 2 N–H and O–H groups in total. The minimum Gasteiger partial charge on any atom is -0.377 e. The summed E-state index contributed by atoms with van der Waals surface area (Å²) in [4.78, 5) is 6.39. The van der Waals surface area contributed by atoms with Gasteiger partial charge in [-0.3, -0.25) is 4.99 Å². The summed E-state index contributed by atoms with van der Waals surface area (Å²) in [6.07, 6.45) is 1.18. The van der Waals surface area contributed by atoms with Gasteiger partial charge in [0.2, 0.25) is 0 Å². The normalized spacial score (nSPS) is 14.4. The third kappa shape index (κ3) is 10.5. The molecule has 0 amide bonds. The SMILES string of the molecule is CCOC(CCN(C)C)CNC(=NC)NCC(C)(C)OC. The van der Waals surface area contributed by atoms with Gasteiger partial charge in [0.05, 0.1) is 11.7 Å². The molecule has 6 nitrogen and oxygen atoms in total. The molecule has 0 aliphatic heterocycles. The average molecular weight is 302 g/mol. The molecule has 0 fully saturated rings. The molecule has 21 heavy (non-hydrogen) atoms. The lowest BCUT2D eigenvalue weighted by molar-refractivity contribution is 0.0266. The molecule has 0 saturated carbocycles. The van der Waals surface area contributed by atoms with Crippen LogP contribution in [0.2, 0.25) is 0 Å². The second-order valence-corrected chi connectivity index (χ2v) is 5.94. The largest absolute Gasteiger partial charge is 0.377 e. The first kappa shape index (κ1) is 20.1. The van der Waals surface area contributed by atoms with Crippen molar-refractivity contribution in [2.45, 2.75) is 38.9 Å². The Kier molecular flexibility index (Phi) is 10.4. The van der Waals surface area contributed by atoms with Crippen molar-refractivity contribution < 1.29 is 9.47 Å². The number of methoxy groups -OCH3 is 1. The molecule has 0 saturated heterocycles. The maximum Gasteiger partial charge on any atom is 0.191 e. The number of ether oxygens (including phenoxy) is 2. The summed E-state index contributed by atoms with van der Waals surface area (Å²) in [6.45, 7) is 9.27. The first-order chi connectivity index (χ1) is 9.84. The monoisotopic (exact) mass is 302 g/mol. The van der Waals surface area contributed by atoms with Crippen LogP contribution in [0.25, 0.3) is 0 Å². The molecule has 0 aromatic carbocycles. The predicted molar refractivity (Wildman–Crippen MR) is 89.0 cm³/mol. The van der Waals surface area contributed by atoms with E-state index in [1.54, 1.807) is 14.2 Å². The Balaban J connectivity index is 4.21. The Hall–Kier alpha value is -0.850. The van der Waals surface area contributed by atoms with Crippen molar-refractivity contribution in [3.63, 3.8) is 0 Å². The number of aliphatic imine (C=N–C) groups is 1. The lowest BCUT2D eigenvalue weighted by atomic mass is 10.1. The molecule has 126 valence electrons. The molecule has 6 heteroatoms. The highest BCUT2D eigenvalue weighted by Gasteiger charge is 2.17. The number of guanidine groups is 1. The van der Waals surface area contributed by atoms with Crippen molar-refractivity contribution >= 4 is 5.96 Å². The van der Waals surface area contributed by atoms with Crippen LogP contribution in [0.4, 0.5) is 0 Å². The van der Waals surface area contributed by atoms with Crippen LogP contribution in [0.15, 0.2) is 4.99 Å². The lowest BCUT2D eigenvalue weighted by Crippen LogP contribution is -2.47. The minimum atomic E-state index is -0.220. The summed E-state index contributed by atoms with van der Waals surface area (Å²) >= 11 is 0. The zero-order chi connectivity index (χ0) is 16.3. The summed E-state index contributed by atoms with van der Waals surface area (Å²) in [5.74, 6) is 0.773. The number of hydrogen-bond acceptors (Lipinski definition) is 4. The predicted octanol–water partition coefficient (Wildman–Crippen LogP) is 0.933. The molecular formula is C15H34N4O2. The highest BCUT2D eigenvalue weighted by molar-refractivity contribution is 5.79. The van der Waals surface area contributed by atoms with Crippen molar-refractivity contribution in [2.75, 3.05) is 54.5 Å². The Morgan fingerprint density at radius 2 is 1.95 bits per heavy atom. The Labute approximate surface area is 130 Å². The molecule has 0 radical (unpaired) electrons. The van der Waals surface area contributed by atoms with Gasteiger partial charge in [-0.15, -0.1) is 0 Å². The van der Waals surface area contributed by atoms with Gasteiger partial charge < -0.3 is 25.0 Å². The van der Waals surface area contributed by atoms with Gasteiger partial charge in [0, 0.05) is 40.4 Å². The molecule has 0 heterocycles. The lowest BCUT2D eigenvalue weighted by Gasteiger charge is -2.25. The van der Waals surface area contributed by atoms with E-state index in [4.69, 9.17) is 9.47 Å². The van der Waals surface area contributed by atoms with Crippen molar-refractivity contribution in [3.8, 4) is 0 Å². The van der Waals surface area contributed by atoms with E-state index in [2.05, 4.69) is 34.6 Å². The molecular weight excluding hydrogens is 268 g/mol. The van der Waals surface area contributed by atoms with E-state index in [-0.39, 0.29) is 11.7 Å². The van der Waals surface area contributed by atoms with Crippen LogP contribution in [-0.2, 0) is 9.47 Å². The molecule has 0 aliphatic rings. The maximum absolute atomic E-state index is 5.76. The summed E-state index contributed by atoms with van der Waals surface area (Å²) in [6, 6.07) is 0. The summed E-state index contributed by atoms with van der Waals surface area (Å²) < 4.78 is 11.1. The highest BCUT2D eigenvalue weighted by Crippen LogP contribution is 2.04. The second kappa shape index (κ2) is 10.8. The third-order valence-electron chi connectivity index (χ3n) is 3.26. The molecule has 0 rings (SSSR count). The van der Waals surface area contributed by atoms with E-state index in [1.807, 2.05) is 20.8 Å². The fraction of sp³-hybridized carbons (Fsp3) is 0.933. The second-order valence-electron chi connectivity index (χ2n) is 5.94. The van der Waals surface area contributed by atoms with Gasteiger partial charge >= 0.3 is 0 Å². The van der Waals surface area contributed by atoms with Crippen LogP contribution >= 0.6 is 0 Å². The average Bonchev–Trinajstić information content (AvgIpc) is 2.44. The standard InChI is InChI=1S/C15H34N4O2/c1-8-21-13(9-10-19(5)6)11-17-14(16-4)18-12-15(2,3)20-7/h13H,8-12H2,1-7H3,(H2,16,17,18). The molecule has 0 bridgehead atoms. The third-order valence-corrected chi connectivity index (χ3v) is 3.26. The number of nitrogens with zero attached hydrogens (tertiary/aromatic N) is 2. The fourth-order valence-electron chi connectivity index (χ4n) is 1.68. The summed E-state index contributed by atoms with van der Waals surface area (Å²) in [5, 5.41) is 6.59. The van der Waals surface area contributed by atoms with Crippen molar-refractivity contribution in [1.29, 1.82) is 0 Å². The molecule has 0 aromatic heterocycles. The number of nitrogens with one attached hydrogen (secondary N) is 2. The van der Waals surface area contributed by atoms with Crippen LogP contribution in [0.3, 0.4) is 0 Å². The van der Waals surface area contributed by atoms with Gasteiger partial charge in [-0.1, -0.05) is 0 Å². The Morgan fingerprint density at radius 3 is 2.43 bits per heavy atom. The van der Waals surface area contributed by atoms with Crippen LogP contribution in [-0.4, -0.2) is 77.1 Å². The van der Waals surface area contributed by atoms with Gasteiger partial charge in [-0.25, -0.2) is 0 Å². The van der Waals surface area contributed by atoms with Crippen LogP contribution in [0.1, 0.15) is 27.2 Å². The van der Waals surface area contributed by atoms with Crippen molar-refractivity contribution in [2.24, 2.45) is 4.99 Å². The molecule has 0 aromatic rings.